The zero-order chi connectivity index (χ0) is 16.3. The molecule has 0 aliphatic rings. The van der Waals surface area contributed by atoms with Gasteiger partial charge in [0.05, 0.1) is 0 Å². The van der Waals surface area contributed by atoms with Crippen LogP contribution < -0.4 is 10.2 Å². The number of carbonyl (C=O) groups excluding carboxylic acids is 1. The Labute approximate surface area is 138 Å². The lowest BCUT2D eigenvalue weighted by Crippen LogP contribution is -2.30. The van der Waals surface area contributed by atoms with Crippen molar-refractivity contribution in [3.05, 3.63) is 60.4 Å². The van der Waals surface area contributed by atoms with Crippen molar-refractivity contribution >= 4 is 11.6 Å². The van der Waals surface area contributed by atoms with Gasteiger partial charge in [0.2, 0.25) is 5.91 Å². The van der Waals surface area contributed by atoms with Gasteiger partial charge in [0.15, 0.2) is 0 Å². The number of pyridine rings is 1. The molecular formula is C19H25N3O. The van der Waals surface area contributed by atoms with E-state index < -0.39 is 0 Å². The standard InChI is InChI=1S/C19H25N3O/c1-2-22(18-9-4-3-5-10-18)15-7-14-21-19(23)12-11-17-8-6-13-20-16-17/h3-6,8-10,13,16H,2,7,11-12,14-15H2,1H3,(H,21,23). The number of carbonyl (C=O) groups is 1. The van der Waals surface area contributed by atoms with E-state index in [0.717, 1.165) is 38.0 Å². The molecule has 0 saturated heterocycles. The average Bonchev–Trinajstić information content (AvgIpc) is 2.61. The maximum Gasteiger partial charge on any atom is 0.220 e. The molecule has 0 spiro atoms. The summed E-state index contributed by atoms with van der Waals surface area (Å²) in [6, 6.07) is 14.3. The fourth-order valence-electron chi connectivity index (χ4n) is 2.50. The largest absolute Gasteiger partial charge is 0.372 e. The van der Waals surface area contributed by atoms with Crippen molar-refractivity contribution in [3.63, 3.8) is 0 Å². The third-order valence-corrected chi connectivity index (χ3v) is 3.79. The molecule has 0 fully saturated rings. The summed E-state index contributed by atoms with van der Waals surface area (Å²) in [6.45, 7) is 4.79. The van der Waals surface area contributed by atoms with E-state index in [1.165, 1.54) is 5.69 Å². The fraction of sp³-hybridized carbons (Fsp3) is 0.368. The Hall–Kier alpha value is -2.36. The number of amides is 1. The Balaban J connectivity index is 1.63. The van der Waals surface area contributed by atoms with Crippen LogP contribution in [-0.2, 0) is 11.2 Å². The van der Waals surface area contributed by atoms with Gasteiger partial charge in [-0.15, -0.1) is 0 Å². The SMILES string of the molecule is CCN(CCCNC(=O)CCc1cccnc1)c1ccccc1. The molecule has 2 rings (SSSR count). The van der Waals surface area contributed by atoms with Gasteiger partial charge in [0.1, 0.15) is 0 Å². The zero-order valence-corrected chi connectivity index (χ0v) is 13.7. The van der Waals surface area contributed by atoms with Crippen LogP contribution in [0.15, 0.2) is 54.9 Å². The Morgan fingerprint density at radius 3 is 2.70 bits per heavy atom. The molecule has 122 valence electrons. The number of para-hydroxylation sites is 1. The van der Waals surface area contributed by atoms with Gasteiger partial charge in [-0.05, 0) is 43.5 Å². The third kappa shape index (κ3) is 6.10. The minimum atomic E-state index is 0.108. The van der Waals surface area contributed by atoms with Gasteiger partial charge >= 0.3 is 0 Å². The van der Waals surface area contributed by atoms with Crippen molar-refractivity contribution in [2.24, 2.45) is 0 Å². The molecule has 0 atom stereocenters. The first-order chi connectivity index (χ1) is 11.3. The van der Waals surface area contributed by atoms with Gasteiger partial charge in [-0.1, -0.05) is 24.3 Å². The lowest BCUT2D eigenvalue weighted by Gasteiger charge is -2.23. The summed E-state index contributed by atoms with van der Waals surface area (Å²) < 4.78 is 0. The summed E-state index contributed by atoms with van der Waals surface area (Å²) in [4.78, 5) is 18.2. The second kappa shape index (κ2) is 9.62. The summed E-state index contributed by atoms with van der Waals surface area (Å²) in [5, 5.41) is 3.00. The second-order valence-electron chi connectivity index (χ2n) is 5.48. The lowest BCUT2D eigenvalue weighted by molar-refractivity contribution is -0.121. The highest BCUT2D eigenvalue weighted by atomic mass is 16.1. The molecule has 2 aromatic rings. The number of nitrogens with one attached hydrogen (secondary N) is 1. The molecule has 4 heteroatoms. The first-order valence-corrected chi connectivity index (χ1v) is 8.25. The summed E-state index contributed by atoms with van der Waals surface area (Å²) in [7, 11) is 0. The van der Waals surface area contributed by atoms with E-state index in [1.807, 2.05) is 24.4 Å². The predicted octanol–water partition coefficient (Wildman–Crippen LogP) is 3.05. The summed E-state index contributed by atoms with van der Waals surface area (Å²) in [5.74, 6) is 0.108. The molecule has 4 nitrogen and oxygen atoms in total. The van der Waals surface area contributed by atoms with Crippen LogP contribution in [0.1, 0.15) is 25.3 Å². The van der Waals surface area contributed by atoms with Crippen LogP contribution in [0.25, 0.3) is 0 Å². The monoisotopic (exact) mass is 311 g/mol. The van der Waals surface area contributed by atoms with Crippen molar-refractivity contribution in [3.8, 4) is 0 Å². The van der Waals surface area contributed by atoms with E-state index in [9.17, 15) is 4.79 Å². The van der Waals surface area contributed by atoms with Crippen molar-refractivity contribution in [1.29, 1.82) is 0 Å². The Morgan fingerprint density at radius 1 is 1.17 bits per heavy atom. The van der Waals surface area contributed by atoms with Gasteiger partial charge in [-0.2, -0.15) is 0 Å². The lowest BCUT2D eigenvalue weighted by atomic mass is 10.1. The quantitative estimate of drug-likeness (QED) is 0.724. The van der Waals surface area contributed by atoms with Crippen LogP contribution in [0.3, 0.4) is 0 Å². The van der Waals surface area contributed by atoms with E-state index in [2.05, 4.69) is 46.4 Å². The molecule has 0 saturated carbocycles. The Kier molecular flexibility index (Phi) is 7.11. The molecule has 1 amide bonds. The number of benzene rings is 1. The van der Waals surface area contributed by atoms with E-state index in [4.69, 9.17) is 0 Å². The molecule has 0 bridgehead atoms. The highest BCUT2D eigenvalue weighted by Gasteiger charge is 2.05. The van der Waals surface area contributed by atoms with Crippen molar-refractivity contribution in [2.75, 3.05) is 24.5 Å². The number of anilines is 1. The van der Waals surface area contributed by atoms with Crippen molar-refractivity contribution in [1.82, 2.24) is 10.3 Å². The summed E-state index contributed by atoms with van der Waals surface area (Å²) >= 11 is 0. The van der Waals surface area contributed by atoms with E-state index in [-0.39, 0.29) is 5.91 Å². The third-order valence-electron chi connectivity index (χ3n) is 3.79. The van der Waals surface area contributed by atoms with Crippen molar-refractivity contribution < 1.29 is 4.79 Å². The van der Waals surface area contributed by atoms with Crippen LogP contribution in [-0.4, -0.2) is 30.5 Å². The molecule has 0 aliphatic heterocycles. The molecule has 1 aromatic heterocycles. The van der Waals surface area contributed by atoms with Gasteiger partial charge in [0, 0.05) is 44.1 Å². The number of hydrogen-bond donors (Lipinski definition) is 1. The highest BCUT2D eigenvalue weighted by Crippen LogP contribution is 2.12. The topological polar surface area (TPSA) is 45.2 Å². The summed E-state index contributed by atoms with van der Waals surface area (Å²) in [6.07, 6.45) is 5.76. The normalized spacial score (nSPS) is 10.3. The minimum Gasteiger partial charge on any atom is -0.372 e. The number of hydrogen-bond acceptors (Lipinski definition) is 3. The van der Waals surface area contributed by atoms with E-state index in [0.29, 0.717) is 6.42 Å². The van der Waals surface area contributed by atoms with Crippen LogP contribution >= 0.6 is 0 Å². The molecule has 1 aromatic carbocycles. The van der Waals surface area contributed by atoms with Crippen LogP contribution in [0, 0.1) is 0 Å². The van der Waals surface area contributed by atoms with Gasteiger partial charge < -0.3 is 10.2 Å². The number of rotatable bonds is 9. The number of nitrogens with zero attached hydrogens (tertiary/aromatic N) is 2. The first kappa shape index (κ1) is 17.0. The number of aromatic nitrogens is 1. The molecule has 0 aliphatic carbocycles. The van der Waals surface area contributed by atoms with Crippen molar-refractivity contribution in [2.45, 2.75) is 26.2 Å². The molecule has 1 N–H and O–H groups in total. The second-order valence-corrected chi connectivity index (χ2v) is 5.48. The van der Waals surface area contributed by atoms with E-state index in [1.54, 1.807) is 6.20 Å². The molecule has 1 heterocycles. The van der Waals surface area contributed by atoms with Gasteiger partial charge in [-0.25, -0.2) is 0 Å². The molecule has 0 unspecified atom stereocenters. The highest BCUT2D eigenvalue weighted by molar-refractivity contribution is 5.76. The first-order valence-electron chi connectivity index (χ1n) is 8.25. The molecular weight excluding hydrogens is 286 g/mol. The van der Waals surface area contributed by atoms with Crippen LogP contribution in [0.4, 0.5) is 5.69 Å². The van der Waals surface area contributed by atoms with Crippen LogP contribution in [0.2, 0.25) is 0 Å². The molecule has 23 heavy (non-hydrogen) atoms. The maximum absolute atomic E-state index is 11.9. The molecule has 0 radical (unpaired) electrons. The fourth-order valence-corrected chi connectivity index (χ4v) is 2.50. The predicted molar refractivity (Wildman–Crippen MR) is 94.5 cm³/mol. The Morgan fingerprint density at radius 2 is 2.00 bits per heavy atom. The minimum absolute atomic E-state index is 0.108. The maximum atomic E-state index is 11.9. The van der Waals surface area contributed by atoms with Gasteiger partial charge in [0.25, 0.3) is 0 Å². The zero-order valence-electron chi connectivity index (χ0n) is 13.7. The van der Waals surface area contributed by atoms with Crippen LogP contribution in [0.5, 0.6) is 0 Å². The van der Waals surface area contributed by atoms with E-state index >= 15 is 0 Å². The van der Waals surface area contributed by atoms with Gasteiger partial charge in [-0.3, -0.25) is 9.78 Å². The summed E-state index contributed by atoms with van der Waals surface area (Å²) in [5.41, 5.74) is 2.33. The average molecular weight is 311 g/mol. The smallest absolute Gasteiger partial charge is 0.220 e. The Bertz CT molecular complexity index is 572. The number of aryl methyl sites for hydroxylation is 1.